The summed E-state index contributed by atoms with van der Waals surface area (Å²) < 4.78 is 1.76. The second kappa shape index (κ2) is 6.09. The fourth-order valence-electron chi connectivity index (χ4n) is 3.17. The van der Waals surface area contributed by atoms with Crippen molar-refractivity contribution < 1.29 is 5.11 Å². The number of aliphatic hydroxyl groups is 1. The number of nitrogens with two attached hydrogens (primary N) is 1. The average molecular weight is 324 g/mol. The van der Waals surface area contributed by atoms with Gasteiger partial charge in [0.2, 0.25) is 0 Å². The van der Waals surface area contributed by atoms with Crippen LogP contribution < -0.4 is 11.1 Å². The minimum atomic E-state index is -0.159. The predicted molar refractivity (Wildman–Crippen MR) is 92.5 cm³/mol. The van der Waals surface area contributed by atoms with Crippen LogP contribution in [0.15, 0.2) is 36.8 Å². The van der Waals surface area contributed by atoms with E-state index < -0.39 is 0 Å². The number of aliphatic hydroxyl groups excluding tert-OH is 1. The van der Waals surface area contributed by atoms with Crippen LogP contribution in [0.1, 0.15) is 25.7 Å². The molecule has 1 saturated carbocycles. The van der Waals surface area contributed by atoms with Crippen LogP contribution in [0, 0.1) is 0 Å². The Bertz CT molecular complexity index is 853. The van der Waals surface area contributed by atoms with Gasteiger partial charge in [0.15, 0.2) is 5.82 Å². The summed E-state index contributed by atoms with van der Waals surface area (Å²) in [6.07, 6.45) is 8.74. The lowest BCUT2D eigenvalue weighted by Crippen LogP contribution is -2.28. The van der Waals surface area contributed by atoms with Crippen LogP contribution in [0.25, 0.3) is 16.9 Å². The molecule has 3 aromatic heterocycles. The zero-order valence-corrected chi connectivity index (χ0v) is 13.3. The fraction of sp³-hybridized carbons (Fsp3) is 0.353. The van der Waals surface area contributed by atoms with Gasteiger partial charge in [-0.25, -0.2) is 14.5 Å². The number of hydrogen-bond acceptors (Lipinski definition) is 6. The van der Waals surface area contributed by atoms with Crippen LogP contribution in [0.3, 0.4) is 0 Å². The SMILES string of the molecule is Nc1ccn2ncc(-c3nccc(N[C@H]4CC[C@H](O)CC4)n3)c2c1. The lowest BCUT2D eigenvalue weighted by molar-refractivity contribution is 0.126. The minimum absolute atomic E-state index is 0.159. The summed E-state index contributed by atoms with van der Waals surface area (Å²) in [5, 5.41) is 17.4. The predicted octanol–water partition coefficient (Wildman–Crippen LogP) is 2.09. The van der Waals surface area contributed by atoms with E-state index in [1.54, 1.807) is 23.0 Å². The van der Waals surface area contributed by atoms with Crippen molar-refractivity contribution in [2.75, 3.05) is 11.1 Å². The molecule has 0 unspecified atom stereocenters. The second-order valence-corrected chi connectivity index (χ2v) is 6.26. The molecule has 0 saturated heterocycles. The first-order chi connectivity index (χ1) is 11.7. The molecule has 0 radical (unpaired) electrons. The molecular weight excluding hydrogens is 304 g/mol. The van der Waals surface area contributed by atoms with Gasteiger partial charge in [-0.15, -0.1) is 0 Å². The van der Waals surface area contributed by atoms with Gasteiger partial charge in [0, 0.05) is 24.1 Å². The van der Waals surface area contributed by atoms with E-state index in [1.165, 1.54) is 0 Å². The molecule has 4 N–H and O–H groups in total. The van der Waals surface area contributed by atoms with E-state index in [0.29, 0.717) is 17.6 Å². The van der Waals surface area contributed by atoms with Crippen LogP contribution in [0.2, 0.25) is 0 Å². The molecule has 1 fully saturated rings. The molecule has 3 heterocycles. The first-order valence-electron chi connectivity index (χ1n) is 8.20. The Morgan fingerprint density at radius 2 is 2.04 bits per heavy atom. The van der Waals surface area contributed by atoms with E-state index in [9.17, 15) is 5.11 Å². The molecule has 0 spiro atoms. The standard InChI is InChI=1S/C17H20N6O/c18-11-6-8-23-15(9-11)14(10-20-23)17-19-7-5-16(22-17)21-12-1-3-13(24)4-2-12/h5-10,12-13,24H,1-4,18H2,(H,19,21,22)/t12-,13-. The van der Waals surface area contributed by atoms with E-state index in [2.05, 4.69) is 20.4 Å². The molecule has 7 heteroatoms. The van der Waals surface area contributed by atoms with Gasteiger partial charge in [-0.2, -0.15) is 5.10 Å². The molecular formula is C17H20N6O. The van der Waals surface area contributed by atoms with Gasteiger partial charge in [0.1, 0.15) is 5.82 Å². The van der Waals surface area contributed by atoms with Gasteiger partial charge in [0.05, 0.1) is 23.4 Å². The molecule has 1 aliphatic rings. The third-order valence-corrected chi connectivity index (χ3v) is 4.49. The minimum Gasteiger partial charge on any atom is -0.399 e. The summed E-state index contributed by atoms with van der Waals surface area (Å²) in [6, 6.07) is 5.89. The molecule has 4 rings (SSSR count). The second-order valence-electron chi connectivity index (χ2n) is 6.26. The molecule has 7 nitrogen and oxygen atoms in total. The van der Waals surface area contributed by atoms with Crippen molar-refractivity contribution in [3.63, 3.8) is 0 Å². The molecule has 0 aliphatic heterocycles. The third kappa shape index (κ3) is 2.90. The number of hydrogen-bond donors (Lipinski definition) is 3. The number of anilines is 2. The summed E-state index contributed by atoms with van der Waals surface area (Å²) in [4.78, 5) is 9.01. The highest BCUT2D eigenvalue weighted by molar-refractivity contribution is 5.78. The lowest BCUT2D eigenvalue weighted by Gasteiger charge is -2.26. The number of rotatable bonds is 3. The van der Waals surface area contributed by atoms with Crippen LogP contribution in [-0.2, 0) is 0 Å². The zero-order valence-electron chi connectivity index (χ0n) is 13.3. The Labute approximate surface area is 139 Å². The number of aromatic nitrogens is 4. The van der Waals surface area contributed by atoms with Gasteiger partial charge in [-0.3, -0.25) is 0 Å². The van der Waals surface area contributed by atoms with Crippen molar-refractivity contribution in [2.24, 2.45) is 0 Å². The number of fused-ring (bicyclic) bond motifs is 1. The fourth-order valence-corrected chi connectivity index (χ4v) is 3.17. The summed E-state index contributed by atoms with van der Waals surface area (Å²) in [5.41, 5.74) is 8.29. The molecule has 124 valence electrons. The Morgan fingerprint density at radius 3 is 2.88 bits per heavy atom. The van der Waals surface area contributed by atoms with Crippen molar-refractivity contribution in [1.82, 2.24) is 19.6 Å². The monoisotopic (exact) mass is 324 g/mol. The molecule has 0 bridgehead atoms. The Hall–Kier alpha value is -2.67. The number of nitrogens with one attached hydrogen (secondary N) is 1. The van der Waals surface area contributed by atoms with Crippen LogP contribution in [0.4, 0.5) is 11.5 Å². The highest BCUT2D eigenvalue weighted by Gasteiger charge is 2.19. The van der Waals surface area contributed by atoms with Gasteiger partial charge < -0.3 is 16.2 Å². The highest BCUT2D eigenvalue weighted by atomic mass is 16.3. The van der Waals surface area contributed by atoms with Crippen molar-refractivity contribution in [3.05, 3.63) is 36.8 Å². The Kier molecular flexibility index (Phi) is 3.78. The maximum atomic E-state index is 9.61. The highest BCUT2D eigenvalue weighted by Crippen LogP contribution is 2.25. The molecule has 3 aromatic rings. The smallest absolute Gasteiger partial charge is 0.165 e. The summed E-state index contributed by atoms with van der Waals surface area (Å²) >= 11 is 0. The first-order valence-corrected chi connectivity index (χ1v) is 8.20. The molecule has 0 amide bonds. The molecule has 24 heavy (non-hydrogen) atoms. The third-order valence-electron chi connectivity index (χ3n) is 4.49. The topological polar surface area (TPSA) is 101 Å². The van der Waals surface area contributed by atoms with Crippen LogP contribution in [0.5, 0.6) is 0 Å². The van der Waals surface area contributed by atoms with Crippen molar-refractivity contribution in [3.8, 4) is 11.4 Å². The van der Waals surface area contributed by atoms with Gasteiger partial charge in [-0.05, 0) is 43.9 Å². The Morgan fingerprint density at radius 1 is 1.21 bits per heavy atom. The molecule has 0 aromatic carbocycles. The Balaban J connectivity index is 1.61. The van der Waals surface area contributed by atoms with Crippen molar-refractivity contribution in [1.29, 1.82) is 0 Å². The van der Waals surface area contributed by atoms with E-state index in [4.69, 9.17) is 5.73 Å². The maximum absolute atomic E-state index is 9.61. The zero-order chi connectivity index (χ0) is 16.5. The first kappa shape index (κ1) is 14.9. The number of pyridine rings is 1. The van der Waals surface area contributed by atoms with E-state index in [1.807, 2.05) is 18.3 Å². The van der Waals surface area contributed by atoms with Crippen LogP contribution >= 0.6 is 0 Å². The maximum Gasteiger partial charge on any atom is 0.165 e. The largest absolute Gasteiger partial charge is 0.399 e. The van der Waals surface area contributed by atoms with Crippen LogP contribution in [-0.4, -0.2) is 36.8 Å². The lowest BCUT2D eigenvalue weighted by atomic mass is 9.93. The van der Waals surface area contributed by atoms with Gasteiger partial charge in [0.25, 0.3) is 0 Å². The van der Waals surface area contributed by atoms with E-state index in [-0.39, 0.29) is 6.10 Å². The van der Waals surface area contributed by atoms with E-state index in [0.717, 1.165) is 42.6 Å². The summed E-state index contributed by atoms with van der Waals surface area (Å²) in [5.74, 6) is 1.42. The number of nitrogen functional groups attached to an aromatic ring is 1. The number of nitrogens with zero attached hydrogens (tertiary/aromatic N) is 4. The van der Waals surface area contributed by atoms with E-state index >= 15 is 0 Å². The van der Waals surface area contributed by atoms with Crippen molar-refractivity contribution in [2.45, 2.75) is 37.8 Å². The van der Waals surface area contributed by atoms with Gasteiger partial charge in [-0.1, -0.05) is 0 Å². The molecule has 1 aliphatic carbocycles. The van der Waals surface area contributed by atoms with Gasteiger partial charge >= 0.3 is 0 Å². The summed E-state index contributed by atoms with van der Waals surface area (Å²) in [7, 11) is 0. The molecule has 0 atom stereocenters. The van der Waals surface area contributed by atoms with Crippen molar-refractivity contribution >= 4 is 17.0 Å². The average Bonchev–Trinajstić information content (AvgIpc) is 3.00. The summed E-state index contributed by atoms with van der Waals surface area (Å²) in [6.45, 7) is 0. The normalized spacial score (nSPS) is 21.0. The quantitative estimate of drug-likeness (QED) is 0.682.